The van der Waals surface area contributed by atoms with Crippen LogP contribution >= 0.6 is 0 Å². The first-order chi connectivity index (χ1) is 9.95. The summed E-state index contributed by atoms with van der Waals surface area (Å²) >= 11 is 0. The van der Waals surface area contributed by atoms with Crippen LogP contribution in [-0.4, -0.2) is 18.6 Å². The number of hydrogen-bond acceptors (Lipinski definition) is 3. The largest absolute Gasteiger partial charge is 0.376 e. The van der Waals surface area contributed by atoms with Crippen molar-refractivity contribution < 1.29 is 9.53 Å². The summed E-state index contributed by atoms with van der Waals surface area (Å²) in [6.45, 7) is 6.84. The highest BCUT2D eigenvalue weighted by Crippen LogP contribution is 2.43. The molecule has 0 bridgehead atoms. The Morgan fingerprint density at radius 1 is 1.48 bits per heavy atom. The molecule has 3 rings (SSSR count). The Balaban J connectivity index is 2.09. The number of nitrogens with one attached hydrogen (secondary N) is 1. The highest BCUT2D eigenvalue weighted by atomic mass is 16.5. The second kappa shape index (κ2) is 5.11. The molecule has 1 aromatic rings. The number of carbonyl (C=O) groups excluding carboxylic acids is 1. The van der Waals surface area contributed by atoms with Gasteiger partial charge in [-0.3, -0.25) is 4.79 Å². The third kappa shape index (κ3) is 2.27. The topological polar surface area (TPSA) is 64.3 Å². The fourth-order valence-corrected chi connectivity index (χ4v) is 3.30. The Morgan fingerprint density at radius 3 is 2.86 bits per heavy atom. The summed E-state index contributed by atoms with van der Waals surface area (Å²) in [7, 11) is 0. The fourth-order valence-electron chi connectivity index (χ4n) is 3.30. The highest BCUT2D eigenvalue weighted by Gasteiger charge is 2.41. The lowest BCUT2D eigenvalue weighted by atomic mass is 9.83. The van der Waals surface area contributed by atoms with E-state index in [9.17, 15) is 4.79 Å². The summed E-state index contributed by atoms with van der Waals surface area (Å²) in [4.78, 5) is 12.3. The molecule has 2 aliphatic rings. The number of benzene rings is 1. The lowest BCUT2D eigenvalue weighted by Gasteiger charge is -2.23. The highest BCUT2D eigenvalue weighted by molar-refractivity contribution is 6.06. The van der Waals surface area contributed by atoms with E-state index in [0.717, 1.165) is 42.7 Å². The molecule has 4 heteroatoms. The number of nitrogens with two attached hydrogens (primary N) is 1. The van der Waals surface area contributed by atoms with Crippen LogP contribution in [0.4, 0.5) is 5.69 Å². The van der Waals surface area contributed by atoms with Crippen LogP contribution in [-0.2, 0) is 21.4 Å². The van der Waals surface area contributed by atoms with Gasteiger partial charge in [-0.05, 0) is 49.8 Å². The summed E-state index contributed by atoms with van der Waals surface area (Å²) < 4.78 is 5.74. The SMILES string of the molecule is CCc1cc(C(N)C2CCCO2)c2c(c1)C(C)(C)C(=O)N2. The van der Waals surface area contributed by atoms with Gasteiger partial charge in [0.25, 0.3) is 0 Å². The minimum atomic E-state index is -0.495. The van der Waals surface area contributed by atoms with Crippen molar-refractivity contribution in [1.82, 2.24) is 0 Å². The van der Waals surface area contributed by atoms with Gasteiger partial charge in [-0.2, -0.15) is 0 Å². The van der Waals surface area contributed by atoms with E-state index >= 15 is 0 Å². The molecular weight excluding hydrogens is 264 g/mol. The van der Waals surface area contributed by atoms with Crippen LogP contribution in [0.3, 0.4) is 0 Å². The van der Waals surface area contributed by atoms with Gasteiger partial charge in [0, 0.05) is 12.3 Å². The molecule has 2 aliphatic heterocycles. The van der Waals surface area contributed by atoms with Crippen molar-refractivity contribution in [3.8, 4) is 0 Å². The number of carbonyl (C=O) groups is 1. The van der Waals surface area contributed by atoms with E-state index in [2.05, 4.69) is 24.4 Å². The van der Waals surface area contributed by atoms with Gasteiger partial charge in [0.05, 0.1) is 17.6 Å². The first-order valence-electron chi connectivity index (χ1n) is 7.81. The molecule has 0 spiro atoms. The monoisotopic (exact) mass is 288 g/mol. The summed E-state index contributed by atoms with van der Waals surface area (Å²) in [6.07, 6.45) is 3.04. The Bertz CT molecular complexity index is 574. The first kappa shape index (κ1) is 14.5. The number of fused-ring (bicyclic) bond motifs is 1. The van der Waals surface area contributed by atoms with Crippen molar-refractivity contribution in [2.24, 2.45) is 5.73 Å². The Kier molecular flexibility index (Phi) is 3.54. The van der Waals surface area contributed by atoms with E-state index in [-0.39, 0.29) is 18.1 Å². The Morgan fingerprint density at radius 2 is 2.24 bits per heavy atom. The number of aryl methyl sites for hydroxylation is 1. The van der Waals surface area contributed by atoms with Crippen molar-refractivity contribution in [3.05, 3.63) is 28.8 Å². The van der Waals surface area contributed by atoms with Crippen molar-refractivity contribution in [3.63, 3.8) is 0 Å². The summed E-state index contributed by atoms with van der Waals surface area (Å²) in [5, 5.41) is 3.04. The van der Waals surface area contributed by atoms with E-state index in [1.165, 1.54) is 5.56 Å². The lowest BCUT2D eigenvalue weighted by molar-refractivity contribution is -0.119. The van der Waals surface area contributed by atoms with Crippen molar-refractivity contribution in [2.75, 3.05) is 11.9 Å². The first-order valence-corrected chi connectivity index (χ1v) is 7.81. The molecule has 1 fully saturated rings. The van der Waals surface area contributed by atoms with E-state index in [4.69, 9.17) is 10.5 Å². The van der Waals surface area contributed by atoms with E-state index < -0.39 is 5.41 Å². The number of anilines is 1. The number of hydrogen-bond donors (Lipinski definition) is 2. The number of ether oxygens (including phenoxy) is 1. The summed E-state index contributed by atoms with van der Waals surface area (Å²) in [6, 6.07) is 4.09. The van der Waals surface area contributed by atoms with Crippen molar-refractivity contribution >= 4 is 11.6 Å². The zero-order valence-electron chi connectivity index (χ0n) is 13.0. The van der Waals surface area contributed by atoms with Gasteiger partial charge in [0.15, 0.2) is 0 Å². The van der Waals surface area contributed by atoms with Gasteiger partial charge >= 0.3 is 0 Å². The third-order valence-electron chi connectivity index (χ3n) is 4.84. The van der Waals surface area contributed by atoms with Gasteiger partial charge in [-0.15, -0.1) is 0 Å². The van der Waals surface area contributed by atoms with Gasteiger partial charge < -0.3 is 15.8 Å². The van der Waals surface area contributed by atoms with Crippen LogP contribution in [0.2, 0.25) is 0 Å². The van der Waals surface area contributed by atoms with Gasteiger partial charge in [-0.1, -0.05) is 19.1 Å². The average Bonchev–Trinajstić information content (AvgIpc) is 3.06. The molecule has 2 unspecified atom stereocenters. The molecule has 2 atom stereocenters. The maximum atomic E-state index is 12.3. The predicted molar refractivity (Wildman–Crippen MR) is 83.4 cm³/mol. The lowest BCUT2D eigenvalue weighted by Crippen LogP contribution is -2.27. The fraction of sp³-hybridized carbons (Fsp3) is 0.588. The Hall–Kier alpha value is -1.39. The Labute approximate surface area is 126 Å². The van der Waals surface area contributed by atoms with Crippen molar-refractivity contribution in [1.29, 1.82) is 0 Å². The molecule has 21 heavy (non-hydrogen) atoms. The zero-order valence-corrected chi connectivity index (χ0v) is 13.0. The third-order valence-corrected chi connectivity index (χ3v) is 4.84. The van der Waals surface area contributed by atoms with E-state index in [1.54, 1.807) is 0 Å². The summed E-state index contributed by atoms with van der Waals surface area (Å²) in [5.41, 5.74) is 10.2. The number of rotatable bonds is 3. The second-order valence-corrected chi connectivity index (χ2v) is 6.62. The molecule has 1 saturated heterocycles. The number of amides is 1. The molecule has 4 nitrogen and oxygen atoms in total. The van der Waals surface area contributed by atoms with Crippen LogP contribution in [0.15, 0.2) is 12.1 Å². The molecule has 0 aliphatic carbocycles. The minimum Gasteiger partial charge on any atom is -0.376 e. The molecular formula is C17H24N2O2. The molecule has 0 aromatic heterocycles. The smallest absolute Gasteiger partial charge is 0.234 e. The maximum absolute atomic E-state index is 12.3. The standard InChI is InChI=1S/C17H24N2O2/c1-4-10-8-11(14(18)13-6-5-7-21-13)15-12(9-10)17(2,3)16(20)19-15/h8-9,13-14H,4-7,18H2,1-3H3,(H,19,20). The molecule has 1 aromatic carbocycles. The normalized spacial score (nSPS) is 24.8. The quantitative estimate of drug-likeness (QED) is 0.898. The van der Waals surface area contributed by atoms with Gasteiger partial charge in [0.2, 0.25) is 5.91 Å². The summed E-state index contributed by atoms with van der Waals surface area (Å²) in [5.74, 6) is 0.0477. The van der Waals surface area contributed by atoms with E-state index in [0.29, 0.717) is 0 Å². The molecule has 114 valence electrons. The minimum absolute atomic E-state index is 0.0477. The van der Waals surface area contributed by atoms with Crippen LogP contribution in [0, 0.1) is 0 Å². The molecule has 2 heterocycles. The van der Waals surface area contributed by atoms with E-state index in [1.807, 2.05) is 13.8 Å². The average molecular weight is 288 g/mol. The van der Waals surface area contributed by atoms with Crippen LogP contribution < -0.4 is 11.1 Å². The molecule has 1 amide bonds. The maximum Gasteiger partial charge on any atom is 0.234 e. The molecule has 3 N–H and O–H groups in total. The van der Waals surface area contributed by atoms with Gasteiger partial charge in [0.1, 0.15) is 0 Å². The molecule has 0 saturated carbocycles. The second-order valence-electron chi connectivity index (χ2n) is 6.62. The van der Waals surface area contributed by atoms with Crippen LogP contribution in [0.1, 0.15) is 56.3 Å². The van der Waals surface area contributed by atoms with Gasteiger partial charge in [-0.25, -0.2) is 0 Å². The van der Waals surface area contributed by atoms with Crippen molar-refractivity contribution in [2.45, 2.75) is 57.6 Å². The van der Waals surface area contributed by atoms with Crippen LogP contribution in [0.5, 0.6) is 0 Å². The molecule has 0 radical (unpaired) electrons. The van der Waals surface area contributed by atoms with Crippen LogP contribution in [0.25, 0.3) is 0 Å². The zero-order chi connectivity index (χ0) is 15.2. The predicted octanol–water partition coefficient (Wildman–Crippen LogP) is 2.66.